The predicted molar refractivity (Wildman–Crippen MR) is 144 cm³/mol. The first kappa shape index (κ1) is 24.7. The van der Waals surface area contributed by atoms with Gasteiger partial charge in [0, 0.05) is 29.7 Å². The first-order chi connectivity index (χ1) is 16.8. The molecule has 0 saturated carbocycles. The number of anilines is 1. The molecule has 1 aromatic heterocycles. The summed E-state index contributed by atoms with van der Waals surface area (Å²) in [6.07, 6.45) is 6.30. The van der Waals surface area contributed by atoms with Gasteiger partial charge < -0.3 is 15.2 Å². The number of carbonyl (C=O) groups excluding carboxylic acids is 1. The van der Waals surface area contributed by atoms with Gasteiger partial charge in [-0.3, -0.25) is 4.79 Å². The van der Waals surface area contributed by atoms with Crippen LogP contribution in [0.1, 0.15) is 34.9 Å². The highest BCUT2D eigenvalue weighted by atomic mass is 35.5. The molecule has 35 heavy (non-hydrogen) atoms. The number of allylic oxidation sites excluding steroid dienone is 1. The van der Waals surface area contributed by atoms with Crippen LogP contribution in [0.25, 0.3) is 5.57 Å². The van der Waals surface area contributed by atoms with Crippen molar-refractivity contribution in [3.05, 3.63) is 123 Å². The Morgan fingerprint density at radius 3 is 2.34 bits per heavy atom. The van der Waals surface area contributed by atoms with E-state index >= 15 is 0 Å². The number of hydrogen-bond donors (Lipinski definition) is 1. The van der Waals surface area contributed by atoms with Crippen molar-refractivity contribution in [3.63, 3.8) is 0 Å². The number of nitrogens with zero attached hydrogens (tertiary/aromatic N) is 3. The third-order valence-electron chi connectivity index (χ3n) is 6.22. The molecule has 0 bridgehead atoms. The summed E-state index contributed by atoms with van der Waals surface area (Å²) in [6.45, 7) is 1.96. The van der Waals surface area contributed by atoms with Gasteiger partial charge in [-0.25, -0.2) is 4.98 Å². The molecule has 1 atom stereocenters. The van der Waals surface area contributed by atoms with Crippen molar-refractivity contribution in [2.45, 2.75) is 12.5 Å². The Hall–Kier alpha value is -3.38. The zero-order chi connectivity index (χ0) is 25.2. The molecule has 0 aliphatic rings. The fraction of sp³-hybridized carbons (Fsp3) is 0.143. The minimum absolute atomic E-state index is 0.627. The summed E-state index contributed by atoms with van der Waals surface area (Å²) in [6, 6.07) is 21.0. The van der Waals surface area contributed by atoms with Gasteiger partial charge in [0.15, 0.2) is 0 Å². The van der Waals surface area contributed by atoms with E-state index in [0.717, 1.165) is 45.6 Å². The van der Waals surface area contributed by atoms with Crippen molar-refractivity contribution in [2.75, 3.05) is 11.9 Å². The molecule has 0 aliphatic heterocycles. The highest BCUT2D eigenvalue weighted by Gasteiger charge is 2.35. The normalized spacial score (nSPS) is 13.4. The van der Waals surface area contributed by atoms with Gasteiger partial charge in [0.25, 0.3) is 0 Å². The smallest absolute Gasteiger partial charge is 0.213 e. The summed E-state index contributed by atoms with van der Waals surface area (Å²) in [5.41, 5.74) is 12.2. The lowest BCUT2D eigenvalue weighted by molar-refractivity contribution is -0.107. The lowest BCUT2D eigenvalue weighted by atomic mass is 9.79. The topological polar surface area (TPSA) is 64.2 Å². The summed E-state index contributed by atoms with van der Waals surface area (Å²) in [7, 11) is 3.64. The molecule has 1 heterocycles. The van der Waals surface area contributed by atoms with Gasteiger partial charge in [0.05, 0.1) is 23.9 Å². The Kier molecular flexibility index (Phi) is 7.13. The minimum atomic E-state index is -1.03. The van der Waals surface area contributed by atoms with E-state index in [4.69, 9.17) is 28.9 Å². The lowest BCUT2D eigenvalue weighted by Gasteiger charge is -2.32. The van der Waals surface area contributed by atoms with Crippen molar-refractivity contribution in [1.29, 1.82) is 0 Å². The number of aryl methyl sites for hydroxylation is 1. The number of benzene rings is 3. The number of halogens is 2. The average Bonchev–Trinajstić information content (AvgIpc) is 3.30. The lowest BCUT2D eigenvalue weighted by Crippen LogP contribution is -2.41. The number of nitrogens with two attached hydrogens (primary N) is 1. The molecule has 4 aromatic rings. The van der Waals surface area contributed by atoms with Gasteiger partial charge in [0.1, 0.15) is 5.54 Å². The van der Waals surface area contributed by atoms with Gasteiger partial charge >= 0.3 is 0 Å². The van der Waals surface area contributed by atoms with E-state index in [-0.39, 0.29) is 0 Å². The van der Waals surface area contributed by atoms with Crippen LogP contribution in [-0.2, 0) is 17.4 Å². The molecule has 1 amide bonds. The quantitative estimate of drug-likeness (QED) is 0.313. The van der Waals surface area contributed by atoms with Crippen LogP contribution in [0.3, 0.4) is 0 Å². The van der Waals surface area contributed by atoms with Crippen molar-refractivity contribution < 1.29 is 4.79 Å². The number of aromatic nitrogens is 2. The van der Waals surface area contributed by atoms with Crippen molar-refractivity contribution in [1.82, 2.24) is 9.55 Å². The van der Waals surface area contributed by atoms with Crippen LogP contribution < -0.4 is 10.6 Å². The van der Waals surface area contributed by atoms with Gasteiger partial charge in [-0.2, -0.15) is 0 Å². The number of carbonyl (C=O) groups is 1. The molecule has 178 valence electrons. The maximum atomic E-state index is 11.8. The Morgan fingerprint density at radius 1 is 1.03 bits per heavy atom. The van der Waals surface area contributed by atoms with Crippen LogP contribution in [0.15, 0.2) is 85.3 Å². The molecule has 7 heteroatoms. The summed E-state index contributed by atoms with van der Waals surface area (Å²) in [5, 5.41) is 1.26. The van der Waals surface area contributed by atoms with Crippen LogP contribution in [0.2, 0.25) is 10.0 Å². The van der Waals surface area contributed by atoms with Gasteiger partial charge in [0.2, 0.25) is 6.41 Å². The largest absolute Gasteiger partial charge is 0.336 e. The van der Waals surface area contributed by atoms with Crippen molar-refractivity contribution >= 4 is 40.9 Å². The van der Waals surface area contributed by atoms with Crippen LogP contribution in [0.5, 0.6) is 0 Å². The van der Waals surface area contributed by atoms with E-state index in [1.54, 1.807) is 24.5 Å². The van der Waals surface area contributed by atoms with E-state index in [0.29, 0.717) is 10.0 Å². The number of amides is 1. The third kappa shape index (κ3) is 4.63. The number of rotatable bonds is 7. The summed E-state index contributed by atoms with van der Waals surface area (Å²) < 4.78 is 1.91. The molecule has 0 radical (unpaired) electrons. The highest BCUT2D eigenvalue weighted by Crippen LogP contribution is 2.39. The molecule has 2 N–H and O–H groups in total. The maximum absolute atomic E-state index is 11.8. The highest BCUT2D eigenvalue weighted by molar-refractivity contribution is 6.31. The minimum Gasteiger partial charge on any atom is -0.336 e. The fourth-order valence-electron chi connectivity index (χ4n) is 4.41. The van der Waals surface area contributed by atoms with Gasteiger partial charge in [-0.15, -0.1) is 0 Å². The number of imidazole rings is 1. The van der Waals surface area contributed by atoms with E-state index in [1.165, 1.54) is 0 Å². The first-order valence-electron chi connectivity index (χ1n) is 11.1. The summed E-state index contributed by atoms with van der Waals surface area (Å²) in [4.78, 5) is 17.6. The molecule has 0 fully saturated rings. The van der Waals surface area contributed by atoms with Gasteiger partial charge in [-0.05, 0) is 65.6 Å². The maximum Gasteiger partial charge on any atom is 0.213 e. The molecule has 1 unspecified atom stereocenters. The molecule has 3 aromatic carbocycles. The molecule has 0 saturated heterocycles. The molecule has 0 aliphatic carbocycles. The molecule has 5 nitrogen and oxygen atoms in total. The third-order valence-corrected chi connectivity index (χ3v) is 6.71. The van der Waals surface area contributed by atoms with E-state index in [2.05, 4.69) is 4.98 Å². The predicted octanol–water partition coefficient (Wildman–Crippen LogP) is 6.02. The van der Waals surface area contributed by atoms with Crippen LogP contribution in [0.4, 0.5) is 5.69 Å². The standard InChI is InChI=1S/C28H26Cl2N4O/c1-4-24(19-6-5-7-23(30)14-19)25-15-21(10-13-26(25)34(3)18-35)28(31,27-16-32-17-33(27)2)20-8-11-22(29)12-9-20/h4-18H,31H2,1-3H3/b24-4-. The van der Waals surface area contributed by atoms with Crippen LogP contribution in [0, 0.1) is 0 Å². The molecule has 4 rings (SSSR count). The molecular weight excluding hydrogens is 479 g/mol. The Bertz CT molecular complexity index is 1390. The zero-order valence-corrected chi connectivity index (χ0v) is 21.3. The summed E-state index contributed by atoms with van der Waals surface area (Å²) in [5.74, 6) is 0. The SMILES string of the molecule is C/C=C(/c1cccc(Cl)c1)c1cc(C(N)(c2ccc(Cl)cc2)c2cncn2C)ccc1N(C)C=O. The zero-order valence-electron chi connectivity index (χ0n) is 19.7. The number of hydrogen-bond acceptors (Lipinski definition) is 3. The van der Waals surface area contributed by atoms with Gasteiger partial charge in [-0.1, -0.05) is 59.6 Å². The van der Waals surface area contributed by atoms with Crippen LogP contribution >= 0.6 is 23.2 Å². The average molecular weight is 505 g/mol. The van der Waals surface area contributed by atoms with E-state index in [1.807, 2.05) is 91.3 Å². The second kappa shape index (κ2) is 10.1. The summed E-state index contributed by atoms with van der Waals surface area (Å²) >= 11 is 12.5. The second-order valence-electron chi connectivity index (χ2n) is 8.37. The monoisotopic (exact) mass is 504 g/mol. The van der Waals surface area contributed by atoms with E-state index < -0.39 is 5.54 Å². The first-order valence-corrected chi connectivity index (χ1v) is 11.8. The Labute approximate surface area is 215 Å². The van der Waals surface area contributed by atoms with Crippen LogP contribution in [-0.4, -0.2) is 23.0 Å². The molecule has 0 spiro atoms. The second-order valence-corrected chi connectivity index (χ2v) is 9.24. The Morgan fingerprint density at radius 2 is 1.74 bits per heavy atom. The van der Waals surface area contributed by atoms with E-state index in [9.17, 15) is 4.79 Å². The fourth-order valence-corrected chi connectivity index (χ4v) is 4.72. The Balaban J connectivity index is 2.01. The van der Waals surface area contributed by atoms with Crippen molar-refractivity contribution in [2.24, 2.45) is 12.8 Å². The molecular formula is C28H26Cl2N4O. The van der Waals surface area contributed by atoms with Crippen molar-refractivity contribution in [3.8, 4) is 0 Å².